The van der Waals surface area contributed by atoms with Gasteiger partial charge in [-0.05, 0) is 12.8 Å². The molecule has 0 aliphatic rings. The maximum atomic E-state index is 11.9. The normalized spacial score (nSPS) is 14.3. The molecule has 0 aromatic carbocycles. The second-order valence-corrected chi connectivity index (χ2v) is 5.69. The monoisotopic (exact) mass is 247 g/mol. The maximum Gasteiger partial charge on any atom is 0.258 e. The van der Waals surface area contributed by atoms with E-state index in [1.165, 1.54) is 6.20 Å². The third-order valence-electron chi connectivity index (χ3n) is 2.46. The summed E-state index contributed by atoms with van der Waals surface area (Å²) in [5.41, 5.74) is 0.267. The lowest BCUT2D eigenvalue weighted by atomic mass is 10.1. The predicted molar refractivity (Wildman–Crippen MR) is 59.1 cm³/mol. The average molecular weight is 247 g/mol. The fourth-order valence-electron chi connectivity index (χ4n) is 1.08. The molecule has 0 saturated heterocycles. The summed E-state index contributed by atoms with van der Waals surface area (Å²) < 4.78 is 26.3. The Kier molecular flexibility index (Phi) is 4.06. The van der Waals surface area contributed by atoms with Crippen LogP contribution in [0.25, 0.3) is 0 Å². The molecule has 92 valence electrons. The number of rotatable bonds is 5. The summed E-state index contributed by atoms with van der Waals surface area (Å²) in [6, 6.07) is -0.181. The lowest BCUT2D eigenvalue weighted by molar-refractivity contribution is 0.278. The topological polar surface area (TPSA) is 95.1 Å². The lowest BCUT2D eigenvalue weighted by Crippen LogP contribution is -2.36. The minimum atomic E-state index is -3.63. The van der Waals surface area contributed by atoms with Crippen molar-refractivity contribution in [3.05, 3.63) is 11.8 Å². The Morgan fingerprint density at radius 3 is 2.62 bits per heavy atom. The first kappa shape index (κ1) is 13.1. The van der Waals surface area contributed by atoms with Gasteiger partial charge in [0.2, 0.25) is 0 Å². The van der Waals surface area contributed by atoms with E-state index in [9.17, 15) is 8.42 Å². The molecular weight excluding hydrogens is 230 g/mol. The second-order valence-electron chi connectivity index (χ2n) is 4.04. The first-order valence-corrected chi connectivity index (χ1v) is 6.52. The summed E-state index contributed by atoms with van der Waals surface area (Å²) in [5, 5.41) is 14.9. The van der Waals surface area contributed by atoms with Crippen molar-refractivity contribution >= 4 is 10.0 Å². The van der Waals surface area contributed by atoms with Crippen molar-refractivity contribution in [2.45, 2.75) is 38.4 Å². The number of nitrogens with one attached hydrogen (secondary N) is 2. The Morgan fingerprint density at radius 2 is 2.12 bits per heavy atom. The van der Waals surface area contributed by atoms with Gasteiger partial charge in [-0.2, -0.15) is 5.10 Å². The van der Waals surface area contributed by atoms with Crippen molar-refractivity contribution in [2.75, 3.05) is 0 Å². The van der Waals surface area contributed by atoms with E-state index in [4.69, 9.17) is 5.11 Å². The molecular formula is C9H17N3O3S. The van der Waals surface area contributed by atoms with Crippen molar-refractivity contribution in [1.82, 2.24) is 14.9 Å². The van der Waals surface area contributed by atoms with Crippen molar-refractivity contribution < 1.29 is 13.5 Å². The molecule has 6 nitrogen and oxygen atoms in total. The summed E-state index contributed by atoms with van der Waals surface area (Å²) in [4.78, 5) is 0. The average Bonchev–Trinajstić information content (AvgIpc) is 2.64. The van der Waals surface area contributed by atoms with Crippen molar-refractivity contribution in [2.24, 2.45) is 5.92 Å². The third-order valence-corrected chi connectivity index (χ3v) is 4.03. The smallest absolute Gasteiger partial charge is 0.258 e. The molecule has 0 aliphatic heterocycles. The van der Waals surface area contributed by atoms with E-state index < -0.39 is 10.0 Å². The molecule has 7 heteroatoms. The Balaban J connectivity index is 2.95. The molecule has 1 unspecified atom stereocenters. The van der Waals surface area contributed by atoms with Gasteiger partial charge in [0.1, 0.15) is 0 Å². The van der Waals surface area contributed by atoms with Gasteiger partial charge in [-0.15, -0.1) is 0 Å². The van der Waals surface area contributed by atoms with Crippen LogP contribution in [0.4, 0.5) is 0 Å². The van der Waals surface area contributed by atoms with Crippen LogP contribution in [0.1, 0.15) is 26.3 Å². The number of hydrogen-bond donors (Lipinski definition) is 3. The van der Waals surface area contributed by atoms with E-state index >= 15 is 0 Å². The molecule has 1 heterocycles. The molecule has 1 atom stereocenters. The number of aliphatic hydroxyl groups is 1. The second kappa shape index (κ2) is 4.94. The van der Waals surface area contributed by atoms with Crippen LogP contribution in [0.15, 0.2) is 11.2 Å². The Labute approximate surface area is 95.1 Å². The van der Waals surface area contributed by atoms with Crippen LogP contribution in [-0.2, 0) is 16.6 Å². The number of sulfonamides is 1. The molecule has 0 saturated carbocycles. The van der Waals surface area contributed by atoms with Crippen LogP contribution >= 0.6 is 0 Å². The first-order chi connectivity index (χ1) is 7.38. The molecule has 0 spiro atoms. The van der Waals surface area contributed by atoms with Crippen molar-refractivity contribution in [1.29, 1.82) is 0 Å². The van der Waals surface area contributed by atoms with E-state index in [-0.39, 0.29) is 29.2 Å². The zero-order valence-electron chi connectivity index (χ0n) is 9.56. The number of H-pyrrole nitrogens is 1. The van der Waals surface area contributed by atoms with Gasteiger partial charge in [-0.1, -0.05) is 13.8 Å². The van der Waals surface area contributed by atoms with Crippen LogP contribution in [0, 0.1) is 5.92 Å². The molecule has 1 aromatic rings. The highest BCUT2D eigenvalue weighted by Crippen LogP contribution is 2.13. The van der Waals surface area contributed by atoms with E-state index in [2.05, 4.69) is 14.9 Å². The summed E-state index contributed by atoms with van der Waals surface area (Å²) in [6.45, 7) is 5.28. The summed E-state index contributed by atoms with van der Waals surface area (Å²) in [7, 11) is -3.63. The van der Waals surface area contributed by atoms with Gasteiger partial charge in [0.15, 0.2) is 5.03 Å². The fourth-order valence-corrected chi connectivity index (χ4v) is 2.60. The minimum Gasteiger partial charge on any atom is -0.392 e. The SMILES string of the molecule is CC(C)C(C)NS(=O)(=O)c1[nH]ncc1CO. The first-order valence-electron chi connectivity index (χ1n) is 5.04. The Morgan fingerprint density at radius 1 is 1.50 bits per heavy atom. The summed E-state index contributed by atoms with van der Waals surface area (Å²) in [5.74, 6) is 0.190. The third kappa shape index (κ3) is 2.81. The highest BCUT2D eigenvalue weighted by atomic mass is 32.2. The zero-order chi connectivity index (χ0) is 12.3. The molecule has 1 aromatic heterocycles. The van der Waals surface area contributed by atoms with Gasteiger partial charge in [0.25, 0.3) is 10.0 Å². The van der Waals surface area contributed by atoms with Crippen LogP contribution in [0.3, 0.4) is 0 Å². The summed E-state index contributed by atoms with van der Waals surface area (Å²) in [6.07, 6.45) is 1.30. The van der Waals surface area contributed by atoms with E-state index in [1.807, 2.05) is 13.8 Å². The van der Waals surface area contributed by atoms with E-state index in [0.717, 1.165) is 0 Å². The number of hydrogen-bond acceptors (Lipinski definition) is 4. The highest BCUT2D eigenvalue weighted by molar-refractivity contribution is 7.89. The molecule has 0 amide bonds. The van der Waals surface area contributed by atoms with Crippen molar-refractivity contribution in [3.63, 3.8) is 0 Å². The Bertz CT molecular complexity index is 439. The van der Waals surface area contributed by atoms with Gasteiger partial charge in [0.05, 0.1) is 12.8 Å². The molecule has 3 N–H and O–H groups in total. The number of nitrogens with zero attached hydrogens (tertiary/aromatic N) is 1. The molecule has 16 heavy (non-hydrogen) atoms. The fraction of sp³-hybridized carbons (Fsp3) is 0.667. The Hall–Kier alpha value is -0.920. The standard InChI is InChI=1S/C9H17N3O3S/c1-6(2)7(3)12-16(14,15)9-8(5-13)4-10-11-9/h4,6-7,12-13H,5H2,1-3H3,(H,10,11). The summed E-state index contributed by atoms with van der Waals surface area (Å²) >= 11 is 0. The molecule has 0 aliphatic carbocycles. The van der Waals surface area contributed by atoms with Crippen LogP contribution < -0.4 is 4.72 Å². The van der Waals surface area contributed by atoms with Gasteiger partial charge in [0, 0.05) is 11.6 Å². The molecule has 0 radical (unpaired) electrons. The highest BCUT2D eigenvalue weighted by Gasteiger charge is 2.23. The van der Waals surface area contributed by atoms with Gasteiger partial charge in [-0.25, -0.2) is 13.1 Å². The van der Waals surface area contributed by atoms with E-state index in [0.29, 0.717) is 0 Å². The zero-order valence-corrected chi connectivity index (χ0v) is 10.4. The quantitative estimate of drug-likeness (QED) is 0.694. The largest absolute Gasteiger partial charge is 0.392 e. The number of aliphatic hydroxyl groups excluding tert-OH is 1. The van der Waals surface area contributed by atoms with Gasteiger partial charge >= 0.3 is 0 Å². The van der Waals surface area contributed by atoms with Gasteiger partial charge in [-0.3, -0.25) is 5.10 Å². The molecule has 0 bridgehead atoms. The van der Waals surface area contributed by atoms with Crippen LogP contribution in [-0.4, -0.2) is 29.8 Å². The minimum absolute atomic E-state index is 0.0671. The molecule has 1 rings (SSSR count). The number of aromatic nitrogens is 2. The predicted octanol–water partition coefficient (Wildman–Crippen LogP) is 0.225. The molecule has 0 fully saturated rings. The van der Waals surface area contributed by atoms with E-state index in [1.54, 1.807) is 6.92 Å². The lowest BCUT2D eigenvalue weighted by Gasteiger charge is -2.17. The van der Waals surface area contributed by atoms with Crippen molar-refractivity contribution in [3.8, 4) is 0 Å². The van der Waals surface area contributed by atoms with Gasteiger partial charge < -0.3 is 5.11 Å². The number of aromatic amines is 1. The van der Waals surface area contributed by atoms with Crippen LogP contribution in [0.5, 0.6) is 0 Å². The van der Waals surface area contributed by atoms with Crippen LogP contribution in [0.2, 0.25) is 0 Å². The maximum absolute atomic E-state index is 11.9.